The van der Waals surface area contributed by atoms with Crippen molar-refractivity contribution >= 4 is 17.9 Å². The molecular formula is C70H88O18. The van der Waals surface area contributed by atoms with E-state index in [9.17, 15) is 14.4 Å². The minimum absolute atomic E-state index is 0.0714. The molecule has 7 saturated heterocycles. The summed E-state index contributed by atoms with van der Waals surface area (Å²) >= 11 is 0. The zero-order chi connectivity index (χ0) is 61.1. The summed E-state index contributed by atoms with van der Waals surface area (Å²) in [6, 6.07) is 25.1. The fraction of sp³-hybridized carbons (Fsp3) is 0.671. The first kappa shape index (κ1) is 60.9. The van der Waals surface area contributed by atoms with Gasteiger partial charge in [0.15, 0.2) is 54.5 Å². The average molecular weight is 1220 g/mol. The number of esters is 3. The Morgan fingerprint density at radius 2 is 1.14 bits per heavy atom. The molecule has 88 heavy (non-hydrogen) atoms. The zero-order valence-corrected chi connectivity index (χ0v) is 52.2. The van der Waals surface area contributed by atoms with Gasteiger partial charge in [-0.3, -0.25) is 0 Å². The third-order valence-electron chi connectivity index (χ3n) is 22.2. The van der Waals surface area contributed by atoms with Crippen LogP contribution < -0.4 is 0 Å². The Labute approximate surface area is 516 Å². The van der Waals surface area contributed by atoms with Crippen LogP contribution in [0.3, 0.4) is 0 Å². The summed E-state index contributed by atoms with van der Waals surface area (Å²) in [6.45, 7) is 19.8. The molecule has 0 unspecified atom stereocenters. The number of carbonyl (C=O) groups is 3. The molecule has 0 amide bonds. The molecule has 476 valence electrons. The first-order valence-corrected chi connectivity index (χ1v) is 32.5. The van der Waals surface area contributed by atoms with Gasteiger partial charge in [0.05, 0.1) is 54.8 Å². The van der Waals surface area contributed by atoms with Crippen LogP contribution in [0.5, 0.6) is 0 Å². The molecule has 0 radical (unpaired) electrons. The molecular weight excluding hydrogens is 1130 g/mol. The van der Waals surface area contributed by atoms with E-state index in [0.29, 0.717) is 35.5 Å². The average Bonchev–Trinajstić information content (AvgIpc) is 1.50. The summed E-state index contributed by atoms with van der Waals surface area (Å²) in [7, 11) is 0. The molecule has 18 nitrogen and oxygen atoms in total. The van der Waals surface area contributed by atoms with Crippen LogP contribution in [-0.2, 0) is 71.1 Å². The molecule has 18 heteroatoms. The number of allylic oxidation sites excluding steroid dienone is 1. The fourth-order valence-electron chi connectivity index (χ4n) is 18.0. The van der Waals surface area contributed by atoms with Crippen LogP contribution in [0.15, 0.2) is 103 Å². The van der Waals surface area contributed by atoms with Gasteiger partial charge in [0.25, 0.3) is 0 Å². The minimum Gasteiger partial charge on any atom is -0.452 e. The summed E-state index contributed by atoms with van der Waals surface area (Å²) < 4.78 is 100. The lowest BCUT2D eigenvalue weighted by atomic mass is 9.47. The SMILES string of the molecule is C[C@@H]1CC[C@@]2(OC1)O[C@H]1C[C@H]3[C@@H]4CC=C5C[C@@H](O[C@@H]6OC[C@@H]7OC(C)(C)O[C@@H]7[C@H]6O[C@@H]6O[C@@H](C)[C@H](O[C@@H]7OC[C@@H](OC(=O)c8ccccc8)[C@H](OC(=O)c8ccccc8)[C@H]7OC(=O)c7ccccc7)[C@H]7OC(C)(C)O[C@@H]67)CC[C@]5(C)[C@H]4CC[C@]3(C)[C@H]1[C@@H]2C. The van der Waals surface area contributed by atoms with Gasteiger partial charge in [-0.05, 0) is 163 Å². The molecule has 7 aliphatic heterocycles. The first-order valence-electron chi connectivity index (χ1n) is 32.5. The Morgan fingerprint density at radius 1 is 0.534 bits per heavy atom. The molecule has 24 atom stereocenters. The molecule has 0 bridgehead atoms. The Morgan fingerprint density at radius 3 is 1.81 bits per heavy atom. The monoisotopic (exact) mass is 1220 g/mol. The van der Waals surface area contributed by atoms with Gasteiger partial charge in [0, 0.05) is 12.3 Å². The number of benzene rings is 3. The van der Waals surface area contributed by atoms with Crippen molar-refractivity contribution < 1.29 is 85.4 Å². The second-order valence-corrected chi connectivity index (χ2v) is 28.6. The minimum atomic E-state index is -1.50. The molecule has 10 fully saturated rings. The van der Waals surface area contributed by atoms with Crippen LogP contribution in [-0.4, -0.2) is 147 Å². The number of fused-ring (bicyclic) bond motifs is 9. The highest BCUT2D eigenvalue weighted by Crippen LogP contribution is 2.71. The first-order chi connectivity index (χ1) is 42.2. The summed E-state index contributed by atoms with van der Waals surface area (Å²) in [5.74, 6) is -1.40. The van der Waals surface area contributed by atoms with Gasteiger partial charge in [0.2, 0.25) is 0 Å². The van der Waals surface area contributed by atoms with E-state index in [1.807, 2.05) is 20.8 Å². The highest BCUT2D eigenvalue weighted by Gasteiger charge is 2.69. The van der Waals surface area contributed by atoms with Gasteiger partial charge < -0.3 is 71.1 Å². The number of ether oxygens (including phenoxy) is 15. The topological polar surface area (TPSA) is 190 Å². The maximum absolute atomic E-state index is 14.2. The van der Waals surface area contributed by atoms with E-state index in [0.717, 1.165) is 45.1 Å². The predicted octanol–water partition coefficient (Wildman–Crippen LogP) is 10.7. The number of hydrogen-bond acceptors (Lipinski definition) is 18. The summed E-state index contributed by atoms with van der Waals surface area (Å²) in [5, 5.41) is 0. The second kappa shape index (κ2) is 23.5. The van der Waals surface area contributed by atoms with Crippen molar-refractivity contribution in [1.82, 2.24) is 0 Å². The van der Waals surface area contributed by atoms with Crippen molar-refractivity contribution in [3.63, 3.8) is 0 Å². The number of hydrogen-bond donors (Lipinski definition) is 0. The lowest BCUT2D eigenvalue weighted by Gasteiger charge is -2.58. The van der Waals surface area contributed by atoms with Crippen LogP contribution in [0.2, 0.25) is 0 Å². The Balaban J connectivity index is 0.695. The summed E-state index contributed by atoms with van der Waals surface area (Å²) in [4.78, 5) is 42.0. The quantitative estimate of drug-likeness (QED) is 0.0944. The van der Waals surface area contributed by atoms with E-state index in [-0.39, 0.29) is 52.9 Å². The summed E-state index contributed by atoms with van der Waals surface area (Å²) in [5.41, 5.74) is 2.49. The van der Waals surface area contributed by atoms with Crippen LogP contribution >= 0.6 is 0 Å². The zero-order valence-electron chi connectivity index (χ0n) is 52.2. The smallest absolute Gasteiger partial charge is 0.338 e. The van der Waals surface area contributed by atoms with Gasteiger partial charge in [-0.2, -0.15) is 0 Å². The van der Waals surface area contributed by atoms with Crippen LogP contribution in [0.25, 0.3) is 0 Å². The second-order valence-electron chi connectivity index (χ2n) is 28.6. The maximum atomic E-state index is 14.2. The van der Waals surface area contributed by atoms with Gasteiger partial charge in [-0.1, -0.05) is 93.9 Å². The number of carbonyl (C=O) groups excluding carboxylic acids is 3. The van der Waals surface area contributed by atoms with E-state index in [4.69, 9.17) is 71.1 Å². The molecule has 3 aromatic rings. The summed E-state index contributed by atoms with van der Waals surface area (Å²) in [6.07, 6.45) is -0.738. The van der Waals surface area contributed by atoms with Crippen LogP contribution in [0.4, 0.5) is 0 Å². The largest absolute Gasteiger partial charge is 0.452 e. The molecule has 0 aromatic heterocycles. The van der Waals surface area contributed by atoms with E-state index >= 15 is 0 Å². The van der Waals surface area contributed by atoms with Crippen LogP contribution in [0.1, 0.15) is 151 Å². The molecule has 3 saturated carbocycles. The lowest BCUT2D eigenvalue weighted by molar-refractivity contribution is -0.358. The van der Waals surface area contributed by atoms with E-state index in [1.54, 1.807) is 105 Å². The van der Waals surface area contributed by atoms with Crippen molar-refractivity contribution in [2.24, 2.45) is 46.3 Å². The normalized spacial score (nSPS) is 44.5. The van der Waals surface area contributed by atoms with Gasteiger partial charge in [0.1, 0.15) is 36.6 Å². The molecule has 11 aliphatic rings. The van der Waals surface area contributed by atoms with Crippen LogP contribution in [0, 0.1) is 46.3 Å². The number of rotatable bonds is 12. The van der Waals surface area contributed by atoms with Gasteiger partial charge >= 0.3 is 17.9 Å². The lowest BCUT2D eigenvalue weighted by Crippen LogP contribution is -2.64. The Kier molecular flexibility index (Phi) is 16.2. The molecule has 3 aromatic carbocycles. The van der Waals surface area contributed by atoms with Crippen molar-refractivity contribution in [2.45, 2.75) is 230 Å². The Hall–Kier alpha value is -4.67. The maximum Gasteiger partial charge on any atom is 0.338 e. The molecule has 4 aliphatic carbocycles. The van der Waals surface area contributed by atoms with E-state index < -0.39 is 115 Å². The fourth-order valence-corrected chi connectivity index (χ4v) is 18.0. The molecule has 1 spiro atoms. The highest BCUT2D eigenvalue weighted by molar-refractivity contribution is 5.91. The third kappa shape index (κ3) is 11.1. The van der Waals surface area contributed by atoms with Gasteiger partial charge in [-0.15, -0.1) is 0 Å². The van der Waals surface area contributed by atoms with E-state index in [1.165, 1.54) is 24.8 Å². The van der Waals surface area contributed by atoms with Crippen molar-refractivity contribution in [3.8, 4) is 0 Å². The van der Waals surface area contributed by atoms with Crippen molar-refractivity contribution in [2.75, 3.05) is 19.8 Å². The molecule has 7 heterocycles. The van der Waals surface area contributed by atoms with E-state index in [2.05, 4.69) is 33.8 Å². The third-order valence-corrected chi connectivity index (χ3v) is 22.2. The standard InChI is InChI=1S/C70H88O18/c1-38-27-32-70(76-35-38)39(2)52-49(85-70)34-48-46-26-25-44-33-45(28-30-68(44,8)47(46)29-31-69(48,52)9)78-63-58(55-51(37-75-63)84-66(4,5)86-55)83-65-59-56(87-67(6,7)88-59)53(40(3)77-65)82-64-57(81-62(73)43-23-17-12-18-24-43)54(80-61(72)42-21-15-11-16-22-42)50(36-74-64)79-60(71)41-19-13-10-14-20-41/h10-25,38-40,45-59,63-65H,26-37H2,1-9H3/t38-,39+,40+,45+,46-,47+,48+,49+,50-,51+,52+,53+,54+,55+,56-,57-,58-,59-,63+,64+,65+,68+,69+,70-/m1/s1. The molecule has 14 rings (SSSR count). The Bertz CT molecular complexity index is 3040. The van der Waals surface area contributed by atoms with Gasteiger partial charge in [-0.25, -0.2) is 14.4 Å². The predicted molar refractivity (Wildman–Crippen MR) is 315 cm³/mol. The highest BCUT2D eigenvalue weighted by atomic mass is 16.8. The molecule has 0 N–H and O–H groups in total. The van der Waals surface area contributed by atoms with Crippen molar-refractivity contribution in [1.29, 1.82) is 0 Å². The van der Waals surface area contributed by atoms with Crippen molar-refractivity contribution in [3.05, 3.63) is 119 Å².